The van der Waals surface area contributed by atoms with E-state index in [1.165, 1.54) is 0 Å². The van der Waals surface area contributed by atoms with Crippen molar-refractivity contribution >= 4 is 11.8 Å². The molecule has 1 saturated heterocycles. The van der Waals surface area contributed by atoms with Crippen LogP contribution in [0.4, 0.5) is 0 Å². The third-order valence-electron chi connectivity index (χ3n) is 6.02. The van der Waals surface area contributed by atoms with E-state index < -0.39 is 0 Å². The molecule has 29 heavy (non-hydrogen) atoms. The number of hydrogen-bond donors (Lipinski definition) is 1. The number of nitrogens with zero attached hydrogens (tertiary/aromatic N) is 2. The summed E-state index contributed by atoms with van der Waals surface area (Å²) in [6.07, 6.45) is 1.91. The molecule has 0 saturated carbocycles. The number of pyridine rings is 1. The Kier molecular flexibility index (Phi) is 5.26. The van der Waals surface area contributed by atoms with Crippen molar-refractivity contribution in [2.75, 3.05) is 19.6 Å². The van der Waals surface area contributed by atoms with Crippen LogP contribution in [0.1, 0.15) is 48.7 Å². The van der Waals surface area contributed by atoms with Gasteiger partial charge in [0.2, 0.25) is 5.91 Å². The number of fused-ring (bicyclic) bond motifs is 4. The van der Waals surface area contributed by atoms with Gasteiger partial charge in [0, 0.05) is 56.3 Å². The van der Waals surface area contributed by atoms with Crippen molar-refractivity contribution in [2.24, 2.45) is 5.92 Å². The second kappa shape index (κ2) is 7.85. The SMILES string of the molecule is CCCNC(=O)c1ccc(-c2cc3n(c(=O)c2)C[C@H]2C[C@@H]3CN(C(C)=O)C2)cc1. The van der Waals surface area contributed by atoms with Crippen LogP contribution < -0.4 is 10.9 Å². The van der Waals surface area contributed by atoms with Crippen LogP contribution in [0.15, 0.2) is 41.2 Å². The lowest BCUT2D eigenvalue weighted by Gasteiger charge is -2.42. The monoisotopic (exact) mass is 393 g/mol. The highest BCUT2D eigenvalue weighted by atomic mass is 16.2. The molecule has 2 atom stereocenters. The van der Waals surface area contributed by atoms with Crippen molar-refractivity contribution in [3.63, 3.8) is 0 Å². The molecule has 0 aliphatic carbocycles. The van der Waals surface area contributed by atoms with Crippen LogP contribution in [0.25, 0.3) is 11.1 Å². The maximum Gasteiger partial charge on any atom is 0.251 e. The number of benzene rings is 1. The Labute approximate surface area is 170 Å². The third-order valence-corrected chi connectivity index (χ3v) is 6.02. The Morgan fingerprint density at radius 2 is 1.83 bits per heavy atom. The van der Waals surface area contributed by atoms with Crippen molar-refractivity contribution in [1.29, 1.82) is 0 Å². The van der Waals surface area contributed by atoms with Crippen LogP contribution in [0.3, 0.4) is 0 Å². The van der Waals surface area contributed by atoms with E-state index in [2.05, 4.69) is 11.4 Å². The number of nitrogens with one attached hydrogen (secondary N) is 1. The maximum atomic E-state index is 12.8. The smallest absolute Gasteiger partial charge is 0.251 e. The second-order valence-corrected chi connectivity index (χ2v) is 8.17. The van der Waals surface area contributed by atoms with Gasteiger partial charge in [-0.15, -0.1) is 0 Å². The zero-order chi connectivity index (χ0) is 20.5. The minimum absolute atomic E-state index is 0.00763. The van der Waals surface area contributed by atoms with Crippen LogP contribution in [0.2, 0.25) is 0 Å². The van der Waals surface area contributed by atoms with E-state index in [0.717, 1.165) is 36.2 Å². The maximum absolute atomic E-state index is 12.8. The summed E-state index contributed by atoms with van der Waals surface area (Å²) in [5, 5.41) is 2.87. The average Bonchev–Trinajstić information content (AvgIpc) is 2.72. The molecule has 2 amide bonds. The van der Waals surface area contributed by atoms with Crippen molar-refractivity contribution < 1.29 is 9.59 Å². The highest BCUT2D eigenvalue weighted by Crippen LogP contribution is 2.36. The molecule has 2 aliphatic rings. The van der Waals surface area contributed by atoms with Crippen molar-refractivity contribution in [1.82, 2.24) is 14.8 Å². The number of aromatic nitrogens is 1. The number of likely N-dealkylation sites (tertiary alicyclic amines) is 1. The first-order valence-electron chi connectivity index (χ1n) is 10.3. The van der Waals surface area contributed by atoms with Crippen LogP contribution in [-0.2, 0) is 11.3 Å². The Morgan fingerprint density at radius 1 is 1.07 bits per heavy atom. The Hall–Kier alpha value is -2.89. The molecule has 1 N–H and O–H groups in total. The molecule has 3 heterocycles. The standard InChI is InChI=1S/C23H27N3O3/c1-3-8-24-23(29)18-6-4-17(5-7-18)19-10-21-20-9-16(12-25(14-20)15(2)27)13-26(21)22(28)11-19/h4-7,10-11,16,20H,3,8-9,12-14H2,1-2H3,(H,24,29)/t16-,20+/m0/s1. The van der Waals surface area contributed by atoms with Gasteiger partial charge in [0.25, 0.3) is 11.5 Å². The normalized spacial score (nSPS) is 20.1. The summed E-state index contributed by atoms with van der Waals surface area (Å²) < 4.78 is 1.88. The predicted molar refractivity (Wildman–Crippen MR) is 112 cm³/mol. The fourth-order valence-electron chi connectivity index (χ4n) is 4.54. The summed E-state index contributed by atoms with van der Waals surface area (Å²) in [5.74, 6) is 0.554. The molecule has 152 valence electrons. The predicted octanol–water partition coefficient (Wildman–Crippen LogP) is 2.62. The molecule has 0 unspecified atom stereocenters. The molecule has 0 radical (unpaired) electrons. The van der Waals surface area contributed by atoms with Gasteiger partial charge in [-0.3, -0.25) is 14.4 Å². The largest absolute Gasteiger partial charge is 0.352 e. The van der Waals surface area contributed by atoms with Gasteiger partial charge in [0.15, 0.2) is 0 Å². The topological polar surface area (TPSA) is 71.4 Å². The average molecular weight is 393 g/mol. The van der Waals surface area contributed by atoms with Gasteiger partial charge in [-0.05, 0) is 48.1 Å². The van der Waals surface area contributed by atoms with Crippen molar-refractivity contribution in [3.8, 4) is 11.1 Å². The lowest BCUT2D eigenvalue weighted by atomic mass is 9.82. The summed E-state index contributed by atoms with van der Waals surface area (Å²) in [4.78, 5) is 38.7. The lowest BCUT2D eigenvalue weighted by molar-refractivity contribution is -0.131. The van der Waals surface area contributed by atoms with Gasteiger partial charge in [0.05, 0.1) is 0 Å². The van der Waals surface area contributed by atoms with Crippen molar-refractivity contribution in [2.45, 2.75) is 39.2 Å². The quantitative estimate of drug-likeness (QED) is 0.868. The molecule has 4 rings (SSSR count). The van der Waals surface area contributed by atoms with E-state index in [9.17, 15) is 14.4 Å². The van der Waals surface area contributed by atoms with Gasteiger partial charge in [-0.1, -0.05) is 19.1 Å². The van der Waals surface area contributed by atoms with Crippen LogP contribution in [-0.4, -0.2) is 40.9 Å². The van der Waals surface area contributed by atoms with E-state index in [1.807, 2.05) is 28.5 Å². The molecule has 2 bridgehead atoms. The van der Waals surface area contributed by atoms with Crippen LogP contribution in [0, 0.1) is 5.92 Å². The van der Waals surface area contributed by atoms with Crippen molar-refractivity contribution in [3.05, 3.63) is 58.0 Å². The molecular weight excluding hydrogens is 366 g/mol. The molecule has 2 aliphatic heterocycles. The van der Waals surface area contributed by atoms with Gasteiger partial charge < -0.3 is 14.8 Å². The second-order valence-electron chi connectivity index (χ2n) is 8.17. The first-order valence-corrected chi connectivity index (χ1v) is 10.3. The zero-order valence-electron chi connectivity index (χ0n) is 17.0. The van der Waals surface area contributed by atoms with Gasteiger partial charge in [-0.2, -0.15) is 0 Å². The Bertz CT molecular complexity index is 993. The minimum atomic E-state index is -0.0820. The number of rotatable bonds is 4. The molecule has 1 aromatic carbocycles. The number of carbonyl (C=O) groups excluding carboxylic acids is 2. The molecule has 1 fully saturated rings. The van der Waals surface area contributed by atoms with Gasteiger partial charge in [-0.25, -0.2) is 0 Å². The van der Waals surface area contributed by atoms with Crippen LogP contribution in [0.5, 0.6) is 0 Å². The van der Waals surface area contributed by atoms with Gasteiger partial charge >= 0.3 is 0 Å². The molecule has 2 aromatic rings. The van der Waals surface area contributed by atoms with E-state index in [-0.39, 0.29) is 23.3 Å². The summed E-state index contributed by atoms with van der Waals surface area (Å²) in [7, 11) is 0. The lowest BCUT2D eigenvalue weighted by Crippen LogP contribution is -2.48. The zero-order valence-corrected chi connectivity index (χ0v) is 17.0. The fourth-order valence-corrected chi connectivity index (χ4v) is 4.54. The fraction of sp³-hybridized carbons (Fsp3) is 0.435. The van der Waals surface area contributed by atoms with E-state index in [0.29, 0.717) is 31.1 Å². The minimum Gasteiger partial charge on any atom is -0.352 e. The highest BCUT2D eigenvalue weighted by Gasteiger charge is 2.35. The van der Waals surface area contributed by atoms with E-state index >= 15 is 0 Å². The number of carbonyl (C=O) groups is 2. The summed E-state index contributed by atoms with van der Waals surface area (Å²) in [5.41, 5.74) is 3.41. The first kappa shape index (κ1) is 19.4. The third kappa shape index (κ3) is 3.84. The van der Waals surface area contributed by atoms with E-state index in [1.54, 1.807) is 25.1 Å². The summed E-state index contributed by atoms with van der Waals surface area (Å²) in [6, 6.07) is 11.1. The molecular formula is C23H27N3O3. The molecule has 0 spiro atoms. The molecule has 1 aromatic heterocycles. The Balaban J connectivity index is 1.63. The summed E-state index contributed by atoms with van der Waals surface area (Å²) in [6.45, 7) is 6.37. The molecule has 6 nitrogen and oxygen atoms in total. The number of piperidine rings is 1. The highest BCUT2D eigenvalue weighted by molar-refractivity contribution is 5.94. The summed E-state index contributed by atoms with van der Waals surface area (Å²) >= 11 is 0. The van der Waals surface area contributed by atoms with Gasteiger partial charge in [0.1, 0.15) is 0 Å². The van der Waals surface area contributed by atoms with Crippen LogP contribution >= 0.6 is 0 Å². The number of hydrogen-bond acceptors (Lipinski definition) is 3. The first-order chi connectivity index (χ1) is 14.0. The number of amides is 2. The van der Waals surface area contributed by atoms with E-state index in [4.69, 9.17) is 0 Å². The Morgan fingerprint density at radius 3 is 2.52 bits per heavy atom. The molecule has 6 heteroatoms.